The molecule has 0 atom stereocenters. The van der Waals surface area contributed by atoms with Gasteiger partial charge in [-0.2, -0.15) is 0 Å². The fourth-order valence-corrected chi connectivity index (χ4v) is 3.58. The third-order valence-electron chi connectivity index (χ3n) is 3.81. The van der Waals surface area contributed by atoms with Crippen molar-refractivity contribution in [2.45, 2.75) is 27.2 Å². The molecule has 0 aliphatic carbocycles. The first-order valence-corrected chi connectivity index (χ1v) is 8.58. The summed E-state index contributed by atoms with van der Waals surface area (Å²) in [6, 6.07) is 12.6. The van der Waals surface area contributed by atoms with Gasteiger partial charge < -0.3 is 4.90 Å². The van der Waals surface area contributed by atoms with Crippen molar-refractivity contribution in [3.63, 3.8) is 0 Å². The van der Waals surface area contributed by atoms with Gasteiger partial charge in [0.1, 0.15) is 16.5 Å². The maximum atomic E-state index is 4.87. The van der Waals surface area contributed by atoms with Gasteiger partial charge in [0, 0.05) is 24.4 Å². The highest BCUT2D eigenvalue weighted by atomic mass is 32.1. The van der Waals surface area contributed by atoms with Crippen LogP contribution in [0.2, 0.25) is 0 Å². The lowest BCUT2D eigenvalue weighted by Crippen LogP contribution is -2.23. The lowest BCUT2D eigenvalue weighted by Gasteiger charge is -2.21. The first-order chi connectivity index (χ1) is 10.7. The predicted octanol–water partition coefficient (Wildman–Crippen LogP) is 4.44. The smallest absolute Gasteiger partial charge is 0.141 e. The minimum absolute atomic E-state index is 0.780. The maximum Gasteiger partial charge on any atom is 0.141 e. The van der Waals surface area contributed by atoms with Crippen molar-refractivity contribution in [2.24, 2.45) is 0 Å². The molecule has 0 radical (unpaired) electrons. The number of nitrogens with zero attached hydrogens (tertiary/aromatic N) is 3. The van der Waals surface area contributed by atoms with Gasteiger partial charge in [0.25, 0.3) is 0 Å². The molecule has 1 aromatic carbocycles. The Kier molecular flexibility index (Phi) is 4.39. The van der Waals surface area contributed by atoms with Gasteiger partial charge in [-0.1, -0.05) is 30.3 Å². The largest absolute Gasteiger partial charge is 0.357 e. The predicted molar refractivity (Wildman–Crippen MR) is 95.0 cm³/mol. The maximum absolute atomic E-state index is 4.87. The van der Waals surface area contributed by atoms with E-state index in [0.29, 0.717) is 0 Å². The third-order valence-corrected chi connectivity index (χ3v) is 4.75. The van der Waals surface area contributed by atoms with Gasteiger partial charge in [-0.15, -0.1) is 11.3 Å². The fourth-order valence-electron chi connectivity index (χ4n) is 2.69. The first-order valence-electron chi connectivity index (χ1n) is 7.77. The molecule has 0 amide bonds. The van der Waals surface area contributed by atoms with Crippen LogP contribution >= 0.6 is 11.3 Å². The van der Waals surface area contributed by atoms with Crippen molar-refractivity contribution in [1.82, 2.24) is 9.97 Å². The van der Waals surface area contributed by atoms with E-state index >= 15 is 0 Å². The van der Waals surface area contributed by atoms with E-state index in [9.17, 15) is 0 Å². The summed E-state index contributed by atoms with van der Waals surface area (Å²) in [5.41, 5.74) is 1.25. The Morgan fingerprint density at radius 2 is 1.77 bits per heavy atom. The summed E-state index contributed by atoms with van der Waals surface area (Å²) in [4.78, 5) is 14.4. The Morgan fingerprint density at radius 1 is 1.05 bits per heavy atom. The zero-order valence-electron chi connectivity index (χ0n) is 13.3. The summed E-state index contributed by atoms with van der Waals surface area (Å²) in [6.07, 6.45) is 0.780. The summed E-state index contributed by atoms with van der Waals surface area (Å²) in [6.45, 7) is 8.40. The molecule has 0 aliphatic heterocycles. The zero-order chi connectivity index (χ0) is 15.5. The number of aryl methyl sites for hydroxylation is 1. The molecular formula is C18H21N3S. The molecular weight excluding hydrogens is 290 g/mol. The number of benzene rings is 1. The SMILES string of the molecule is CCN(CC)c1nc(Cc2ccccc2)nc2sc(C)cc12. The monoisotopic (exact) mass is 311 g/mol. The molecule has 0 fully saturated rings. The van der Waals surface area contributed by atoms with Crippen molar-refractivity contribution in [3.05, 3.63) is 52.7 Å². The molecule has 2 heterocycles. The van der Waals surface area contributed by atoms with Gasteiger partial charge in [0.2, 0.25) is 0 Å². The number of anilines is 1. The van der Waals surface area contributed by atoms with Crippen molar-refractivity contribution in [3.8, 4) is 0 Å². The van der Waals surface area contributed by atoms with Gasteiger partial charge in [0.15, 0.2) is 0 Å². The topological polar surface area (TPSA) is 29.0 Å². The van der Waals surface area contributed by atoms with E-state index in [1.54, 1.807) is 11.3 Å². The zero-order valence-corrected chi connectivity index (χ0v) is 14.2. The molecule has 114 valence electrons. The molecule has 0 saturated heterocycles. The average molecular weight is 311 g/mol. The highest BCUT2D eigenvalue weighted by molar-refractivity contribution is 7.18. The number of fused-ring (bicyclic) bond motifs is 1. The fraction of sp³-hybridized carbons (Fsp3) is 0.333. The van der Waals surface area contributed by atoms with Crippen molar-refractivity contribution < 1.29 is 0 Å². The first kappa shape index (κ1) is 15.0. The number of rotatable bonds is 5. The molecule has 0 unspecified atom stereocenters. The van der Waals surface area contributed by atoms with Crippen LogP contribution in [0.3, 0.4) is 0 Å². The van der Waals surface area contributed by atoms with Crippen LogP contribution in [0.5, 0.6) is 0 Å². The molecule has 3 nitrogen and oxygen atoms in total. The number of hydrogen-bond donors (Lipinski definition) is 0. The number of hydrogen-bond acceptors (Lipinski definition) is 4. The van der Waals surface area contributed by atoms with Gasteiger partial charge >= 0.3 is 0 Å². The van der Waals surface area contributed by atoms with Gasteiger partial charge in [-0.05, 0) is 32.4 Å². The lowest BCUT2D eigenvalue weighted by atomic mass is 10.1. The second kappa shape index (κ2) is 6.44. The Bertz CT molecular complexity index is 761. The normalized spacial score (nSPS) is 11.0. The van der Waals surface area contributed by atoms with E-state index in [-0.39, 0.29) is 0 Å². The molecule has 0 aliphatic rings. The summed E-state index contributed by atoms with van der Waals surface area (Å²) >= 11 is 1.75. The second-order valence-corrected chi connectivity index (χ2v) is 6.61. The van der Waals surface area contributed by atoms with Crippen LogP contribution in [0.4, 0.5) is 5.82 Å². The van der Waals surface area contributed by atoms with Crippen LogP contribution < -0.4 is 4.90 Å². The van der Waals surface area contributed by atoms with Crippen molar-refractivity contribution in [1.29, 1.82) is 0 Å². The molecule has 0 N–H and O–H groups in total. The molecule has 22 heavy (non-hydrogen) atoms. The summed E-state index contributed by atoms with van der Waals surface area (Å²) in [7, 11) is 0. The standard InChI is InChI=1S/C18H21N3S/c1-4-21(5-2)17-15-11-13(3)22-18(15)20-16(19-17)12-14-9-7-6-8-10-14/h6-11H,4-5,12H2,1-3H3. The molecule has 4 heteroatoms. The molecule has 0 saturated carbocycles. The van der Waals surface area contributed by atoms with Crippen molar-refractivity contribution in [2.75, 3.05) is 18.0 Å². The van der Waals surface area contributed by atoms with E-state index in [1.807, 2.05) is 6.07 Å². The molecule has 0 bridgehead atoms. The van der Waals surface area contributed by atoms with Crippen LogP contribution in [0.25, 0.3) is 10.2 Å². The Hall–Kier alpha value is -1.94. The molecule has 0 spiro atoms. The van der Waals surface area contributed by atoms with Crippen LogP contribution in [-0.2, 0) is 6.42 Å². The van der Waals surface area contributed by atoms with E-state index in [1.165, 1.54) is 15.8 Å². The van der Waals surface area contributed by atoms with Gasteiger partial charge in [-0.3, -0.25) is 0 Å². The summed E-state index contributed by atoms with van der Waals surface area (Å²) in [5.74, 6) is 1.98. The van der Waals surface area contributed by atoms with Crippen LogP contribution in [0, 0.1) is 6.92 Å². The highest BCUT2D eigenvalue weighted by Crippen LogP contribution is 2.31. The van der Waals surface area contributed by atoms with Crippen LogP contribution in [-0.4, -0.2) is 23.1 Å². The minimum Gasteiger partial charge on any atom is -0.357 e. The lowest BCUT2D eigenvalue weighted by molar-refractivity contribution is 0.837. The number of aromatic nitrogens is 2. The number of thiophene rings is 1. The highest BCUT2D eigenvalue weighted by Gasteiger charge is 2.14. The summed E-state index contributed by atoms with van der Waals surface area (Å²) < 4.78 is 0. The second-order valence-electron chi connectivity index (χ2n) is 5.37. The van der Waals surface area contributed by atoms with Gasteiger partial charge in [-0.25, -0.2) is 9.97 Å². The Balaban J connectivity index is 2.07. The molecule has 2 aromatic heterocycles. The van der Waals surface area contributed by atoms with Crippen LogP contribution in [0.15, 0.2) is 36.4 Å². The average Bonchev–Trinajstić information content (AvgIpc) is 2.90. The Morgan fingerprint density at radius 3 is 2.45 bits per heavy atom. The van der Waals surface area contributed by atoms with Crippen LogP contribution in [0.1, 0.15) is 30.1 Å². The van der Waals surface area contributed by atoms with E-state index in [0.717, 1.165) is 36.0 Å². The minimum atomic E-state index is 0.780. The summed E-state index contributed by atoms with van der Waals surface area (Å²) in [5, 5.41) is 1.18. The van der Waals surface area contributed by atoms with E-state index in [4.69, 9.17) is 9.97 Å². The Labute approximate surface area is 135 Å². The quantitative estimate of drug-likeness (QED) is 0.697. The van der Waals surface area contributed by atoms with Gasteiger partial charge in [0.05, 0.1) is 5.39 Å². The van der Waals surface area contributed by atoms with E-state index in [2.05, 4.69) is 56.0 Å². The third kappa shape index (κ3) is 2.97. The van der Waals surface area contributed by atoms with Crippen molar-refractivity contribution >= 4 is 27.4 Å². The molecule has 3 aromatic rings. The molecule has 3 rings (SSSR count). The van der Waals surface area contributed by atoms with E-state index < -0.39 is 0 Å².